The highest BCUT2D eigenvalue weighted by atomic mass is 17.0. The number of nitrogens with zero attached hydrogens (tertiary/aromatic N) is 2. The minimum absolute atomic E-state index is 0.000000000000000444. The second kappa shape index (κ2) is 1.58. The van der Waals surface area contributed by atoms with Gasteiger partial charge in [0, 0.05) is 0 Å². The van der Waals surface area contributed by atoms with Gasteiger partial charge in [-0.05, 0) is 5.16 Å². The minimum atomic E-state index is -0.935. The van der Waals surface area contributed by atoms with E-state index in [4.69, 9.17) is 11.5 Å². The van der Waals surface area contributed by atoms with E-state index in [1.807, 2.05) is 0 Å². The predicted octanol–water partition coefficient (Wildman–Crippen LogP) is -1.71. The van der Waals surface area contributed by atoms with Crippen molar-refractivity contribution < 1.29 is 4.94 Å². The molecular formula is C2H5N4O2-. The number of nitrogens with two attached hydrogens (primary N) is 2. The molecule has 0 aromatic rings. The summed E-state index contributed by atoms with van der Waals surface area (Å²) < 4.78 is 0. The van der Waals surface area contributed by atoms with E-state index in [0.717, 1.165) is 0 Å². The summed E-state index contributed by atoms with van der Waals surface area (Å²) in [4.78, 5) is 3.99. The molecule has 1 rings (SSSR count). The molecule has 0 aliphatic carbocycles. The van der Waals surface area contributed by atoms with Crippen LogP contribution >= 0.6 is 0 Å². The van der Waals surface area contributed by atoms with Crippen LogP contribution in [0.1, 0.15) is 0 Å². The molecule has 1 unspecified atom stereocenters. The van der Waals surface area contributed by atoms with Crippen LogP contribution < -0.4 is 11.5 Å². The van der Waals surface area contributed by atoms with Gasteiger partial charge in [0.25, 0.3) is 0 Å². The van der Waals surface area contributed by atoms with E-state index < -0.39 is 6.17 Å². The third-order valence-electron chi connectivity index (χ3n) is 0.757. The second-order valence-corrected chi connectivity index (χ2v) is 1.33. The topological polar surface area (TPSA) is 99.9 Å². The van der Waals surface area contributed by atoms with Gasteiger partial charge >= 0.3 is 0 Å². The number of hydrogen-bond acceptors (Lipinski definition) is 6. The van der Waals surface area contributed by atoms with Crippen molar-refractivity contribution in [2.75, 3.05) is 0 Å². The lowest BCUT2D eigenvalue weighted by atomic mass is 10.5. The average Bonchev–Trinajstić information content (AvgIpc) is 1.98. The van der Waals surface area contributed by atoms with Crippen LogP contribution in [0.5, 0.6) is 0 Å². The number of amidine groups is 1. The Morgan fingerprint density at radius 3 is 2.62 bits per heavy atom. The van der Waals surface area contributed by atoms with Crippen molar-refractivity contribution >= 4 is 5.84 Å². The normalized spacial score (nSPS) is 29.8. The SMILES string of the molecule is NC1=NON([O-])C1N. The molecule has 0 spiro atoms. The Morgan fingerprint density at radius 2 is 2.50 bits per heavy atom. The standard InChI is InChI=1S/C2H5N4O2/c3-1-2(4)6(7)8-5-1/h2H,4H2,(H2,3,5)/q-1. The fourth-order valence-electron chi connectivity index (χ4n) is 0.300. The Kier molecular flexibility index (Phi) is 1.05. The van der Waals surface area contributed by atoms with E-state index in [2.05, 4.69) is 10.1 Å². The van der Waals surface area contributed by atoms with E-state index in [1.54, 1.807) is 0 Å². The Balaban J connectivity index is 2.59. The maximum atomic E-state index is 10.2. The molecule has 1 aliphatic heterocycles. The van der Waals surface area contributed by atoms with Crippen molar-refractivity contribution in [3.8, 4) is 0 Å². The van der Waals surface area contributed by atoms with E-state index in [0.29, 0.717) is 0 Å². The first-order valence-corrected chi connectivity index (χ1v) is 1.94. The summed E-state index contributed by atoms with van der Waals surface area (Å²) in [5, 5.41) is 13.4. The third-order valence-corrected chi connectivity index (χ3v) is 0.757. The molecular weight excluding hydrogens is 112 g/mol. The fourth-order valence-corrected chi connectivity index (χ4v) is 0.300. The second-order valence-electron chi connectivity index (χ2n) is 1.33. The molecule has 6 nitrogen and oxygen atoms in total. The lowest BCUT2D eigenvalue weighted by Crippen LogP contribution is -2.42. The summed E-state index contributed by atoms with van der Waals surface area (Å²) in [6, 6.07) is 0. The van der Waals surface area contributed by atoms with Crippen LogP contribution in [0.3, 0.4) is 0 Å². The summed E-state index contributed by atoms with van der Waals surface area (Å²) in [6.45, 7) is 0. The number of hydrogen-bond donors (Lipinski definition) is 2. The highest BCUT2D eigenvalue weighted by Gasteiger charge is 2.17. The van der Waals surface area contributed by atoms with Gasteiger partial charge in [0.15, 0.2) is 5.84 Å². The molecule has 0 bridgehead atoms. The van der Waals surface area contributed by atoms with Gasteiger partial charge in [-0.3, -0.25) is 0 Å². The molecule has 0 fully saturated rings. The highest BCUT2D eigenvalue weighted by molar-refractivity contribution is 5.85. The Bertz CT molecular complexity index is 123. The van der Waals surface area contributed by atoms with Crippen LogP contribution in [0.15, 0.2) is 5.16 Å². The molecule has 8 heavy (non-hydrogen) atoms. The molecule has 0 aromatic heterocycles. The van der Waals surface area contributed by atoms with Gasteiger partial charge < -0.3 is 21.6 Å². The molecule has 46 valence electrons. The largest absolute Gasteiger partial charge is 0.749 e. The number of rotatable bonds is 0. The van der Waals surface area contributed by atoms with Gasteiger partial charge in [-0.1, -0.05) is 0 Å². The predicted molar refractivity (Wildman–Crippen MR) is 25.9 cm³/mol. The highest BCUT2D eigenvalue weighted by Crippen LogP contribution is 2.00. The summed E-state index contributed by atoms with van der Waals surface area (Å²) in [7, 11) is 0. The minimum Gasteiger partial charge on any atom is -0.749 e. The number of hydroxylamine groups is 2. The van der Waals surface area contributed by atoms with Crippen LogP contribution in [0, 0.1) is 5.21 Å². The maximum absolute atomic E-state index is 10.2. The molecule has 0 amide bonds. The van der Waals surface area contributed by atoms with Crippen LogP contribution in [0.2, 0.25) is 0 Å². The van der Waals surface area contributed by atoms with E-state index >= 15 is 0 Å². The molecule has 0 saturated heterocycles. The van der Waals surface area contributed by atoms with Gasteiger partial charge in [0.1, 0.15) is 6.17 Å². The molecule has 0 radical (unpaired) electrons. The summed E-state index contributed by atoms with van der Waals surface area (Å²) >= 11 is 0. The molecule has 6 heteroatoms. The van der Waals surface area contributed by atoms with Gasteiger partial charge in [0.2, 0.25) is 0 Å². The van der Waals surface area contributed by atoms with Gasteiger partial charge in [-0.25, -0.2) is 0 Å². The van der Waals surface area contributed by atoms with E-state index in [9.17, 15) is 5.21 Å². The summed E-state index contributed by atoms with van der Waals surface area (Å²) in [5.74, 6) is 0.000000000000000444. The molecule has 4 N–H and O–H groups in total. The Hall–Kier alpha value is -0.850. The van der Waals surface area contributed by atoms with Crippen LogP contribution in [0.25, 0.3) is 0 Å². The zero-order valence-electron chi connectivity index (χ0n) is 3.94. The zero-order chi connectivity index (χ0) is 6.15. The monoisotopic (exact) mass is 117 g/mol. The van der Waals surface area contributed by atoms with Crippen molar-refractivity contribution in [2.24, 2.45) is 16.6 Å². The van der Waals surface area contributed by atoms with Crippen molar-refractivity contribution in [3.63, 3.8) is 0 Å². The van der Waals surface area contributed by atoms with E-state index in [-0.39, 0.29) is 11.1 Å². The Morgan fingerprint density at radius 1 is 1.88 bits per heavy atom. The molecule has 1 aliphatic rings. The molecule has 1 atom stereocenters. The average molecular weight is 117 g/mol. The fraction of sp³-hybridized carbons (Fsp3) is 0.500. The Labute approximate surface area is 45.2 Å². The lowest BCUT2D eigenvalue weighted by molar-refractivity contribution is -0.110. The number of oxime groups is 1. The lowest BCUT2D eigenvalue weighted by Gasteiger charge is -2.20. The summed E-state index contributed by atoms with van der Waals surface area (Å²) in [5.41, 5.74) is 10.1. The van der Waals surface area contributed by atoms with Gasteiger partial charge in [-0.2, -0.15) is 5.23 Å². The van der Waals surface area contributed by atoms with E-state index in [1.165, 1.54) is 0 Å². The molecule has 0 saturated carbocycles. The van der Waals surface area contributed by atoms with Crippen LogP contribution in [-0.2, 0) is 4.94 Å². The first-order chi connectivity index (χ1) is 3.72. The zero-order valence-corrected chi connectivity index (χ0v) is 3.94. The van der Waals surface area contributed by atoms with Crippen molar-refractivity contribution in [1.82, 2.24) is 5.23 Å². The first kappa shape index (κ1) is 5.29. The maximum Gasteiger partial charge on any atom is 0.175 e. The van der Waals surface area contributed by atoms with Crippen molar-refractivity contribution in [1.29, 1.82) is 0 Å². The van der Waals surface area contributed by atoms with Crippen molar-refractivity contribution in [3.05, 3.63) is 5.21 Å². The van der Waals surface area contributed by atoms with Crippen LogP contribution in [0.4, 0.5) is 0 Å². The van der Waals surface area contributed by atoms with Crippen molar-refractivity contribution in [2.45, 2.75) is 6.17 Å². The summed E-state index contributed by atoms with van der Waals surface area (Å²) in [6.07, 6.45) is -0.935. The smallest absolute Gasteiger partial charge is 0.175 e. The van der Waals surface area contributed by atoms with Crippen LogP contribution in [-0.4, -0.2) is 17.2 Å². The molecule has 1 heterocycles. The van der Waals surface area contributed by atoms with Gasteiger partial charge in [-0.15, -0.1) is 0 Å². The molecule has 0 aromatic carbocycles. The third kappa shape index (κ3) is 0.601. The quantitative estimate of drug-likeness (QED) is 0.393. The van der Waals surface area contributed by atoms with Gasteiger partial charge in [0.05, 0.1) is 0 Å². The first-order valence-electron chi connectivity index (χ1n) is 1.94.